The predicted molar refractivity (Wildman–Crippen MR) is 87.2 cm³/mol. The van der Waals surface area contributed by atoms with Crippen LogP contribution in [-0.4, -0.2) is 48.7 Å². The molecule has 1 rings (SSSR count). The third-order valence-corrected chi connectivity index (χ3v) is 3.27. The Kier molecular flexibility index (Phi) is 7.94. The van der Waals surface area contributed by atoms with E-state index in [-0.39, 0.29) is 12.5 Å². The minimum Gasteiger partial charge on any atom is -0.493 e. The van der Waals surface area contributed by atoms with Crippen molar-refractivity contribution >= 4 is 11.9 Å². The van der Waals surface area contributed by atoms with Gasteiger partial charge in [0.15, 0.2) is 11.5 Å². The Morgan fingerprint density at radius 1 is 1.17 bits per heavy atom. The average molecular weight is 323 g/mol. The summed E-state index contributed by atoms with van der Waals surface area (Å²) in [5.74, 6) is -0.303. The number of hydrogen-bond donors (Lipinski definition) is 1. The number of nitrogens with zero attached hydrogens (tertiary/aromatic N) is 1. The monoisotopic (exact) mass is 323 g/mol. The summed E-state index contributed by atoms with van der Waals surface area (Å²) in [6, 6.07) is 4.91. The molecule has 0 saturated heterocycles. The Labute approximate surface area is 137 Å². The SMILES string of the molecule is CCCCOc1ccc(C(=O)N(CCC)CC(=O)O)cc1OC. The highest BCUT2D eigenvalue weighted by Gasteiger charge is 2.19. The van der Waals surface area contributed by atoms with Gasteiger partial charge in [0, 0.05) is 12.1 Å². The normalized spacial score (nSPS) is 10.2. The largest absolute Gasteiger partial charge is 0.493 e. The molecule has 6 nitrogen and oxygen atoms in total. The molecule has 1 N–H and O–H groups in total. The van der Waals surface area contributed by atoms with Crippen molar-refractivity contribution in [1.29, 1.82) is 0 Å². The molecule has 23 heavy (non-hydrogen) atoms. The lowest BCUT2D eigenvalue weighted by molar-refractivity contribution is -0.137. The predicted octanol–water partition coefficient (Wildman–Crippen LogP) is 2.81. The van der Waals surface area contributed by atoms with Crippen LogP contribution >= 0.6 is 0 Å². The molecule has 0 unspecified atom stereocenters. The zero-order valence-corrected chi connectivity index (χ0v) is 14.0. The number of aliphatic carboxylic acids is 1. The lowest BCUT2D eigenvalue weighted by atomic mass is 10.1. The summed E-state index contributed by atoms with van der Waals surface area (Å²) >= 11 is 0. The molecule has 0 spiro atoms. The quantitative estimate of drug-likeness (QED) is 0.670. The molecule has 128 valence electrons. The smallest absolute Gasteiger partial charge is 0.323 e. The second-order valence-corrected chi connectivity index (χ2v) is 5.19. The maximum atomic E-state index is 12.5. The Balaban J connectivity index is 2.93. The number of carboxylic acids is 1. The summed E-state index contributed by atoms with van der Waals surface area (Å²) in [5.41, 5.74) is 0.388. The first-order valence-corrected chi connectivity index (χ1v) is 7.85. The van der Waals surface area contributed by atoms with Crippen LogP contribution in [0.4, 0.5) is 0 Å². The molecule has 0 bridgehead atoms. The van der Waals surface area contributed by atoms with Crippen LogP contribution in [0.1, 0.15) is 43.5 Å². The van der Waals surface area contributed by atoms with Gasteiger partial charge in [0.1, 0.15) is 6.54 Å². The first-order chi connectivity index (χ1) is 11.0. The van der Waals surface area contributed by atoms with Gasteiger partial charge in [-0.25, -0.2) is 0 Å². The van der Waals surface area contributed by atoms with E-state index in [0.717, 1.165) is 12.8 Å². The second-order valence-electron chi connectivity index (χ2n) is 5.19. The average Bonchev–Trinajstić information content (AvgIpc) is 2.53. The molecule has 0 aromatic heterocycles. The fourth-order valence-corrected chi connectivity index (χ4v) is 2.11. The summed E-state index contributed by atoms with van der Waals surface area (Å²) in [4.78, 5) is 24.7. The van der Waals surface area contributed by atoms with Gasteiger partial charge in [0.2, 0.25) is 0 Å². The zero-order valence-electron chi connectivity index (χ0n) is 14.0. The van der Waals surface area contributed by atoms with Crippen LogP contribution in [0.25, 0.3) is 0 Å². The first kappa shape index (κ1) is 18.8. The van der Waals surface area contributed by atoms with Gasteiger partial charge < -0.3 is 19.5 Å². The Morgan fingerprint density at radius 3 is 2.48 bits per heavy atom. The molecular weight excluding hydrogens is 298 g/mol. The minimum absolute atomic E-state index is 0.316. The van der Waals surface area contributed by atoms with Gasteiger partial charge in [0.05, 0.1) is 13.7 Å². The third kappa shape index (κ3) is 5.81. The van der Waals surface area contributed by atoms with E-state index >= 15 is 0 Å². The van der Waals surface area contributed by atoms with E-state index in [4.69, 9.17) is 14.6 Å². The number of carbonyl (C=O) groups is 2. The number of unbranched alkanes of at least 4 members (excludes halogenated alkanes) is 1. The number of hydrogen-bond acceptors (Lipinski definition) is 4. The van der Waals surface area contributed by atoms with E-state index in [0.29, 0.717) is 36.6 Å². The molecule has 6 heteroatoms. The topological polar surface area (TPSA) is 76.1 Å². The van der Waals surface area contributed by atoms with E-state index in [2.05, 4.69) is 6.92 Å². The minimum atomic E-state index is -1.03. The summed E-state index contributed by atoms with van der Waals surface area (Å²) in [5, 5.41) is 8.93. The van der Waals surface area contributed by atoms with Crippen LogP contribution in [0.5, 0.6) is 11.5 Å². The molecule has 1 aromatic carbocycles. The molecular formula is C17H25NO5. The summed E-state index contributed by atoms with van der Waals surface area (Å²) in [6.07, 6.45) is 2.65. The van der Waals surface area contributed by atoms with Crippen molar-refractivity contribution < 1.29 is 24.2 Å². The Hall–Kier alpha value is -2.24. The van der Waals surface area contributed by atoms with E-state index in [9.17, 15) is 9.59 Å². The molecule has 0 atom stereocenters. The number of carbonyl (C=O) groups excluding carboxylic acids is 1. The maximum absolute atomic E-state index is 12.5. The van der Waals surface area contributed by atoms with E-state index in [1.165, 1.54) is 12.0 Å². The van der Waals surface area contributed by atoms with Crippen LogP contribution in [-0.2, 0) is 4.79 Å². The molecule has 0 aliphatic heterocycles. The van der Waals surface area contributed by atoms with Gasteiger partial charge in [-0.1, -0.05) is 20.3 Å². The van der Waals surface area contributed by atoms with Crippen molar-refractivity contribution in [3.8, 4) is 11.5 Å². The van der Waals surface area contributed by atoms with Crippen molar-refractivity contribution in [1.82, 2.24) is 4.90 Å². The molecule has 1 aromatic rings. The molecule has 0 aliphatic rings. The van der Waals surface area contributed by atoms with Crippen LogP contribution in [0.15, 0.2) is 18.2 Å². The van der Waals surface area contributed by atoms with Crippen LogP contribution < -0.4 is 9.47 Å². The molecule has 0 fully saturated rings. The molecule has 1 amide bonds. The maximum Gasteiger partial charge on any atom is 0.323 e. The summed E-state index contributed by atoms with van der Waals surface area (Å²) < 4.78 is 10.9. The van der Waals surface area contributed by atoms with Crippen LogP contribution in [0.2, 0.25) is 0 Å². The van der Waals surface area contributed by atoms with Crippen LogP contribution in [0, 0.1) is 0 Å². The summed E-state index contributed by atoms with van der Waals surface area (Å²) in [6.45, 7) is 4.63. The van der Waals surface area contributed by atoms with E-state index in [1.807, 2.05) is 6.92 Å². The van der Waals surface area contributed by atoms with Crippen molar-refractivity contribution in [2.24, 2.45) is 0 Å². The molecule has 0 aliphatic carbocycles. The van der Waals surface area contributed by atoms with Crippen molar-refractivity contribution in [3.63, 3.8) is 0 Å². The number of rotatable bonds is 10. The lowest BCUT2D eigenvalue weighted by Crippen LogP contribution is -2.36. The number of methoxy groups -OCH3 is 1. The highest BCUT2D eigenvalue weighted by atomic mass is 16.5. The molecule has 0 radical (unpaired) electrons. The van der Waals surface area contributed by atoms with Crippen molar-refractivity contribution in [2.45, 2.75) is 33.1 Å². The highest BCUT2D eigenvalue weighted by Crippen LogP contribution is 2.28. The van der Waals surface area contributed by atoms with Crippen LogP contribution in [0.3, 0.4) is 0 Å². The number of ether oxygens (including phenoxy) is 2. The van der Waals surface area contributed by atoms with Gasteiger partial charge >= 0.3 is 5.97 Å². The van der Waals surface area contributed by atoms with E-state index in [1.54, 1.807) is 18.2 Å². The standard InChI is InChI=1S/C17H25NO5/c1-4-6-10-23-14-8-7-13(11-15(14)22-3)17(21)18(9-5-2)12-16(19)20/h7-8,11H,4-6,9-10,12H2,1-3H3,(H,19,20). The van der Waals surface area contributed by atoms with Crippen molar-refractivity contribution in [3.05, 3.63) is 23.8 Å². The fourth-order valence-electron chi connectivity index (χ4n) is 2.11. The second kappa shape index (κ2) is 9.71. The lowest BCUT2D eigenvalue weighted by Gasteiger charge is -2.20. The number of amides is 1. The van der Waals surface area contributed by atoms with Gasteiger partial charge in [0.25, 0.3) is 5.91 Å². The van der Waals surface area contributed by atoms with Gasteiger partial charge in [-0.3, -0.25) is 9.59 Å². The third-order valence-electron chi connectivity index (χ3n) is 3.27. The van der Waals surface area contributed by atoms with Gasteiger partial charge in [-0.15, -0.1) is 0 Å². The Morgan fingerprint density at radius 2 is 1.91 bits per heavy atom. The number of carboxylic acid groups (broad SMARTS) is 1. The highest BCUT2D eigenvalue weighted by molar-refractivity contribution is 5.96. The van der Waals surface area contributed by atoms with Crippen molar-refractivity contribution in [2.75, 3.05) is 26.8 Å². The first-order valence-electron chi connectivity index (χ1n) is 7.85. The summed E-state index contributed by atoms with van der Waals surface area (Å²) in [7, 11) is 1.51. The molecule has 0 saturated carbocycles. The van der Waals surface area contributed by atoms with E-state index < -0.39 is 5.97 Å². The Bertz CT molecular complexity index is 530. The molecule has 0 heterocycles. The fraction of sp³-hybridized carbons (Fsp3) is 0.529. The number of benzene rings is 1. The van der Waals surface area contributed by atoms with Gasteiger partial charge in [-0.05, 0) is 31.0 Å². The zero-order chi connectivity index (χ0) is 17.2. The van der Waals surface area contributed by atoms with Gasteiger partial charge in [-0.2, -0.15) is 0 Å².